The molecular formula is C42H74O6. The smallest absolute Gasteiger partial charge is 0.314 e. The number of rotatable bonds is 6. The summed E-state index contributed by atoms with van der Waals surface area (Å²) in [6, 6.07) is 0. The first-order valence-electron chi connectivity index (χ1n) is 20.4. The van der Waals surface area contributed by atoms with Crippen LogP contribution < -0.4 is 0 Å². The highest BCUT2D eigenvalue weighted by molar-refractivity contribution is 5.74. The van der Waals surface area contributed by atoms with Crippen molar-refractivity contribution >= 4 is 11.9 Å². The van der Waals surface area contributed by atoms with Crippen LogP contribution >= 0.6 is 0 Å². The fourth-order valence-corrected chi connectivity index (χ4v) is 8.99. The van der Waals surface area contributed by atoms with E-state index in [-0.39, 0.29) is 42.8 Å². The minimum Gasteiger partial charge on any atom is -0.462 e. The van der Waals surface area contributed by atoms with Crippen LogP contribution in [0.15, 0.2) is 0 Å². The van der Waals surface area contributed by atoms with Crippen LogP contribution in [0.4, 0.5) is 0 Å². The Morgan fingerprint density at radius 1 is 0.562 bits per heavy atom. The van der Waals surface area contributed by atoms with Crippen LogP contribution in [-0.4, -0.2) is 49.6 Å². The fraction of sp³-hybridized carbons (Fsp3) is 0.952. The van der Waals surface area contributed by atoms with E-state index in [4.69, 9.17) is 18.9 Å². The summed E-state index contributed by atoms with van der Waals surface area (Å²) in [5.74, 6) is 3.15. The van der Waals surface area contributed by atoms with Gasteiger partial charge in [0.1, 0.15) is 24.2 Å². The molecule has 2 heterocycles. The molecule has 4 atom stereocenters. The van der Waals surface area contributed by atoms with Crippen molar-refractivity contribution in [2.24, 2.45) is 46.3 Å². The summed E-state index contributed by atoms with van der Waals surface area (Å²) in [5, 5.41) is 0. The van der Waals surface area contributed by atoms with E-state index < -0.39 is 12.0 Å². The lowest BCUT2D eigenvalue weighted by Crippen LogP contribution is -2.38. The van der Waals surface area contributed by atoms with Crippen molar-refractivity contribution in [3.05, 3.63) is 0 Å². The maximum atomic E-state index is 12.8. The predicted molar refractivity (Wildman–Crippen MR) is 194 cm³/mol. The van der Waals surface area contributed by atoms with Gasteiger partial charge in [0.25, 0.3) is 0 Å². The Bertz CT molecular complexity index is 933. The molecule has 0 N–H and O–H groups in total. The molecular weight excluding hydrogens is 600 g/mol. The van der Waals surface area contributed by atoms with Crippen molar-refractivity contribution in [3.8, 4) is 0 Å². The second-order valence-corrected chi connectivity index (χ2v) is 18.7. The highest BCUT2D eigenvalue weighted by Crippen LogP contribution is 2.41. The Hall–Kier alpha value is -1.14. The van der Waals surface area contributed by atoms with Gasteiger partial charge in [-0.3, -0.25) is 9.59 Å². The van der Waals surface area contributed by atoms with E-state index in [1.807, 2.05) is 0 Å². The first-order valence-corrected chi connectivity index (χ1v) is 20.4. The fourth-order valence-electron chi connectivity index (χ4n) is 8.99. The molecule has 2 aliphatic heterocycles. The SMILES string of the molecule is CC(C)C1CCCCC1.CC(C)C1CCCCC1.CC1(C)CCC(OC(=O)C2COC3C(OC(=O)C4CCC(C)(C)CC4)COC23)CC1. The third-order valence-corrected chi connectivity index (χ3v) is 13.0. The number of carbonyl (C=O) groups is 2. The number of carbonyl (C=O) groups excluding carboxylic acids is 2. The van der Waals surface area contributed by atoms with Crippen LogP contribution in [0.2, 0.25) is 0 Å². The monoisotopic (exact) mass is 675 g/mol. The van der Waals surface area contributed by atoms with Gasteiger partial charge in [0.2, 0.25) is 0 Å². The van der Waals surface area contributed by atoms with Gasteiger partial charge < -0.3 is 18.9 Å². The summed E-state index contributed by atoms with van der Waals surface area (Å²) >= 11 is 0. The third kappa shape index (κ3) is 12.0. The molecule has 4 saturated carbocycles. The molecule has 0 radical (unpaired) electrons. The molecule has 2 saturated heterocycles. The summed E-state index contributed by atoms with van der Waals surface area (Å²) in [4.78, 5) is 25.4. The van der Waals surface area contributed by atoms with Gasteiger partial charge in [-0.2, -0.15) is 0 Å². The quantitative estimate of drug-likeness (QED) is 0.261. The highest BCUT2D eigenvalue weighted by Gasteiger charge is 2.53. The van der Waals surface area contributed by atoms with Gasteiger partial charge in [-0.25, -0.2) is 0 Å². The molecule has 0 aromatic heterocycles. The number of ether oxygens (including phenoxy) is 4. The van der Waals surface area contributed by atoms with Crippen LogP contribution in [0.3, 0.4) is 0 Å². The first kappa shape index (κ1) is 39.6. The molecule has 6 rings (SSSR count). The summed E-state index contributed by atoms with van der Waals surface area (Å²) in [6.45, 7) is 19.0. The molecule has 0 aromatic rings. The van der Waals surface area contributed by atoms with E-state index in [1.165, 1.54) is 64.2 Å². The number of esters is 2. The van der Waals surface area contributed by atoms with Crippen molar-refractivity contribution in [2.45, 2.75) is 195 Å². The van der Waals surface area contributed by atoms with Gasteiger partial charge in [-0.15, -0.1) is 0 Å². The molecule has 6 fully saturated rings. The molecule has 0 aromatic carbocycles. The standard InChI is InChI=1S/C24H38O6.2C9H18/c1-23(2)9-5-15(6-10-23)21(25)30-18-14-28-19-17(13-27-20(18)19)22(26)29-16-7-11-24(3,4)12-8-16;2*1-8(2)9-6-4-3-5-7-9/h15-20H,5-14H2,1-4H3;2*8-9H,3-7H2,1-2H3. The van der Waals surface area contributed by atoms with Crippen molar-refractivity contribution in [1.82, 2.24) is 0 Å². The van der Waals surface area contributed by atoms with Crippen molar-refractivity contribution < 1.29 is 28.5 Å². The van der Waals surface area contributed by atoms with E-state index in [9.17, 15) is 9.59 Å². The Morgan fingerprint density at radius 2 is 1.02 bits per heavy atom. The van der Waals surface area contributed by atoms with E-state index in [1.54, 1.807) is 0 Å². The Kier molecular flexibility index (Phi) is 15.2. The van der Waals surface area contributed by atoms with Gasteiger partial charge >= 0.3 is 11.9 Å². The lowest BCUT2D eigenvalue weighted by atomic mass is 9.73. The second-order valence-electron chi connectivity index (χ2n) is 18.7. The molecule has 4 unspecified atom stereocenters. The minimum absolute atomic E-state index is 0.00449. The molecule has 48 heavy (non-hydrogen) atoms. The zero-order valence-electron chi connectivity index (χ0n) is 32.4. The van der Waals surface area contributed by atoms with Gasteiger partial charge in [0.15, 0.2) is 6.10 Å². The maximum Gasteiger partial charge on any atom is 0.314 e. The Labute approximate surface area is 294 Å². The molecule has 0 spiro atoms. The lowest BCUT2D eigenvalue weighted by molar-refractivity contribution is -0.163. The molecule has 0 amide bonds. The van der Waals surface area contributed by atoms with Crippen molar-refractivity contribution in [2.75, 3.05) is 13.2 Å². The Morgan fingerprint density at radius 3 is 1.48 bits per heavy atom. The van der Waals surface area contributed by atoms with Crippen LogP contribution in [0.5, 0.6) is 0 Å². The molecule has 6 heteroatoms. The average molecular weight is 675 g/mol. The first-order chi connectivity index (χ1) is 22.7. The summed E-state index contributed by atoms with van der Waals surface area (Å²) in [7, 11) is 0. The zero-order valence-corrected chi connectivity index (χ0v) is 32.4. The lowest BCUT2D eigenvalue weighted by Gasteiger charge is -2.34. The van der Waals surface area contributed by atoms with E-state index in [0.29, 0.717) is 17.4 Å². The predicted octanol–water partition coefficient (Wildman–Crippen LogP) is 10.5. The topological polar surface area (TPSA) is 71.1 Å². The van der Waals surface area contributed by atoms with Crippen LogP contribution in [0.25, 0.3) is 0 Å². The third-order valence-electron chi connectivity index (χ3n) is 13.0. The average Bonchev–Trinajstić information content (AvgIpc) is 3.66. The summed E-state index contributed by atoms with van der Waals surface area (Å²) in [6.07, 6.45) is 21.6. The minimum atomic E-state index is -0.427. The van der Waals surface area contributed by atoms with Gasteiger partial charge in [-0.1, -0.05) is 120 Å². The van der Waals surface area contributed by atoms with Crippen molar-refractivity contribution in [1.29, 1.82) is 0 Å². The summed E-state index contributed by atoms with van der Waals surface area (Å²) in [5.41, 5.74) is 0.652. The molecule has 6 nitrogen and oxygen atoms in total. The number of hydrogen-bond acceptors (Lipinski definition) is 6. The van der Waals surface area contributed by atoms with Gasteiger partial charge in [-0.05, 0) is 85.9 Å². The van der Waals surface area contributed by atoms with Crippen LogP contribution in [0, 0.1) is 46.3 Å². The molecule has 6 aliphatic rings. The van der Waals surface area contributed by atoms with Gasteiger partial charge in [0, 0.05) is 0 Å². The van der Waals surface area contributed by atoms with E-state index in [0.717, 1.165) is 75.0 Å². The molecule has 4 aliphatic carbocycles. The largest absolute Gasteiger partial charge is 0.462 e. The summed E-state index contributed by atoms with van der Waals surface area (Å²) < 4.78 is 23.3. The number of hydrogen-bond donors (Lipinski definition) is 0. The van der Waals surface area contributed by atoms with Gasteiger partial charge in [0.05, 0.1) is 19.1 Å². The van der Waals surface area contributed by atoms with E-state index in [2.05, 4.69) is 55.4 Å². The zero-order chi connectivity index (χ0) is 34.9. The van der Waals surface area contributed by atoms with Crippen molar-refractivity contribution in [3.63, 3.8) is 0 Å². The highest BCUT2D eigenvalue weighted by atomic mass is 16.6. The van der Waals surface area contributed by atoms with Crippen LogP contribution in [0.1, 0.15) is 171 Å². The normalized spacial score (nSPS) is 31.3. The maximum absolute atomic E-state index is 12.8. The molecule has 278 valence electrons. The second kappa shape index (κ2) is 18.4. The van der Waals surface area contributed by atoms with Crippen LogP contribution in [-0.2, 0) is 28.5 Å². The molecule has 0 bridgehead atoms. The van der Waals surface area contributed by atoms with E-state index >= 15 is 0 Å². The Balaban J connectivity index is 0.000000234. The number of fused-ring (bicyclic) bond motifs is 1.